The van der Waals surface area contributed by atoms with E-state index in [4.69, 9.17) is 16.2 Å². The zero-order valence-electron chi connectivity index (χ0n) is 12.7. The summed E-state index contributed by atoms with van der Waals surface area (Å²) in [6, 6.07) is 6.82. The first-order chi connectivity index (χ1) is 9.71. The van der Waals surface area contributed by atoms with Gasteiger partial charge in [0.2, 0.25) is 5.91 Å². The summed E-state index contributed by atoms with van der Waals surface area (Å²) >= 11 is 0. The molecule has 6 nitrogen and oxygen atoms in total. The Hall–Kier alpha value is -2.08. The predicted octanol–water partition coefficient (Wildman–Crippen LogP) is 1.18. The molecule has 116 valence electrons. The Morgan fingerprint density at radius 3 is 2.24 bits per heavy atom. The van der Waals surface area contributed by atoms with E-state index in [1.165, 1.54) is 0 Å². The highest BCUT2D eigenvalue weighted by Crippen LogP contribution is 2.09. The summed E-state index contributed by atoms with van der Waals surface area (Å²) in [6.45, 7) is 5.83. The molecule has 0 bridgehead atoms. The van der Waals surface area contributed by atoms with Crippen molar-refractivity contribution in [3.8, 4) is 0 Å². The van der Waals surface area contributed by atoms with Gasteiger partial charge in [-0.05, 0) is 38.5 Å². The number of rotatable bonds is 5. The molecule has 0 aliphatic heterocycles. The highest BCUT2D eigenvalue weighted by molar-refractivity contribution is 5.92. The summed E-state index contributed by atoms with van der Waals surface area (Å²) in [4.78, 5) is 22.7. The minimum absolute atomic E-state index is 0.217. The van der Waals surface area contributed by atoms with E-state index in [-0.39, 0.29) is 12.1 Å². The number of hydrogen-bond acceptors (Lipinski definition) is 4. The van der Waals surface area contributed by atoms with Crippen LogP contribution < -0.4 is 16.8 Å². The molecule has 0 fully saturated rings. The number of nitrogens with two attached hydrogens (primary N) is 2. The molecule has 1 aromatic rings. The SMILES string of the molecule is CC(C)(C)NC(=O)O[C@H](CN)Cc1ccc(C(N)=O)cc1. The molecule has 1 atom stereocenters. The van der Waals surface area contributed by atoms with Gasteiger partial charge in [0.1, 0.15) is 6.10 Å². The average molecular weight is 293 g/mol. The van der Waals surface area contributed by atoms with Crippen LogP contribution in [0.5, 0.6) is 0 Å². The number of primary amides is 1. The van der Waals surface area contributed by atoms with E-state index >= 15 is 0 Å². The lowest BCUT2D eigenvalue weighted by atomic mass is 10.1. The number of carbonyl (C=O) groups is 2. The van der Waals surface area contributed by atoms with Gasteiger partial charge in [0.25, 0.3) is 0 Å². The smallest absolute Gasteiger partial charge is 0.407 e. The Morgan fingerprint density at radius 1 is 1.24 bits per heavy atom. The molecule has 1 aromatic carbocycles. The van der Waals surface area contributed by atoms with Crippen molar-refractivity contribution in [1.82, 2.24) is 5.32 Å². The van der Waals surface area contributed by atoms with Crippen LogP contribution in [-0.2, 0) is 11.2 Å². The fourth-order valence-electron chi connectivity index (χ4n) is 1.73. The molecule has 0 aromatic heterocycles. The Bertz CT molecular complexity index is 492. The maximum Gasteiger partial charge on any atom is 0.407 e. The van der Waals surface area contributed by atoms with E-state index in [1.807, 2.05) is 20.8 Å². The second-order valence-electron chi connectivity index (χ2n) is 5.90. The second-order valence-corrected chi connectivity index (χ2v) is 5.90. The maximum atomic E-state index is 11.7. The molecule has 1 rings (SSSR count). The number of carbonyl (C=O) groups excluding carboxylic acids is 2. The van der Waals surface area contributed by atoms with Gasteiger partial charge in [0.05, 0.1) is 0 Å². The topological polar surface area (TPSA) is 107 Å². The lowest BCUT2D eigenvalue weighted by Crippen LogP contribution is -2.43. The molecule has 0 saturated heterocycles. The molecule has 0 aliphatic rings. The second kappa shape index (κ2) is 7.08. The van der Waals surface area contributed by atoms with Crippen LogP contribution in [0, 0.1) is 0 Å². The fourth-order valence-corrected chi connectivity index (χ4v) is 1.73. The number of hydrogen-bond donors (Lipinski definition) is 3. The van der Waals surface area contributed by atoms with Crippen molar-refractivity contribution in [1.29, 1.82) is 0 Å². The molecule has 0 radical (unpaired) electrons. The summed E-state index contributed by atoms with van der Waals surface area (Å²) in [5.74, 6) is -0.474. The van der Waals surface area contributed by atoms with Gasteiger partial charge in [-0.2, -0.15) is 0 Å². The van der Waals surface area contributed by atoms with Gasteiger partial charge in [-0.15, -0.1) is 0 Å². The van der Waals surface area contributed by atoms with Crippen molar-refractivity contribution in [3.63, 3.8) is 0 Å². The Kier molecular flexibility index (Phi) is 5.72. The summed E-state index contributed by atoms with van der Waals surface area (Å²) in [5, 5.41) is 2.72. The average Bonchev–Trinajstić information content (AvgIpc) is 2.36. The van der Waals surface area contributed by atoms with Gasteiger partial charge in [-0.3, -0.25) is 4.79 Å². The molecular formula is C15H23N3O3. The summed E-state index contributed by atoms with van der Waals surface area (Å²) in [5.41, 5.74) is 11.8. The standard InChI is InChI=1S/C15H23N3O3/c1-15(2,3)18-14(20)21-12(9-16)8-10-4-6-11(7-5-10)13(17)19/h4-7,12H,8-9,16H2,1-3H3,(H2,17,19)(H,18,20)/t12-/m0/s1. The van der Waals surface area contributed by atoms with Crippen molar-refractivity contribution in [2.45, 2.75) is 38.8 Å². The molecule has 0 spiro atoms. The van der Waals surface area contributed by atoms with Gasteiger partial charge in [-0.1, -0.05) is 12.1 Å². The molecule has 0 saturated carbocycles. The quantitative estimate of drug-likeness (QED) is 0.757. The van der Waals surface area contributed by atoms with Gasteiger partial charge < -0.3 is 21.5 Å². The van der Waals surface area contributed by atoms with Gasteiger partial charge in [0.15, 0.2) is 0 Å². The zero-order valence-corrected chi connectivity index (χ0v) is 12.7. The third-order valence-corrected chi connectivity index (χ3v) is 2.72. The number of amides is 2. The maximum absolute atomic E-state index is 11.7. The van der Waals surface area contributed by atoms with Crippen molar-refractivity contribution < 1.29 is 14.3 Å². The summed E-state index contributed by atoms with van der Waals surface area (Å²) in [7, 11) is 0. The molecule has 0 unspecified atom stereocenters. The van der Waals surface area contributed by atoms with Crippen molar-refractivity contribution in [2.24, 2.45) is 11.5 Å². The van der Waals surface area contributed by atoms with Gasteiger partial charge in [0, 0.05) is 24.1 Å². The van der Waals surface area contributed by atoms with E-state index in [0.29, 0.717) is 12.0 Å². The summed E-state index contributed by atoms with van der Waals surface area (Å²) < 4.78 is 5.29. The normalized spacial score (nSPS) is 12.6. The monoisotopic (exact) mass is 293 g/mol. The Labute approximate surface area is 124 Å². The molecule has 0 heterocycles. The fraction of sp³-hybridized carbons (Fsp3) is 0.467. The highest BCUT2D eigenvalue weighted by Gasteiger charge is 2.18. The minimum Gasteiger partial charge on any atom is -0.445 e. The third-order valence-electron chi connectivity index (χ3n) is 2.72. The van der Waals surface area contributed by atoms with E-state index in [1.54, 1.807) is 24.3 Å². The van der Waals surface area contributed by atoms with Crippen molar-refractivity contribution in [2.75, 3.05) is 6.54 Å². The van der Waals surface area contributed by atoms with E-state index < -0.39 is 18.1 Å². The predicted molar refractivity (Wildman–Crippen MR) is 80.9 cm³/mol. The van der Waals surface area contributed by atoms with Crippen LogP contribution in [0.25, 0.3) is 0 Å². The van der Waals surface area contributed by atoms with E-state index in [0.717, 1.165) is 5.56 Å². The van der Waals surface area contributed by atoms with Crippen LogP contribution in [0.1, 0.15) is 36.7 Å². The van der Waals surface area contributed by atoms with Gasteiger partial charge >= 0.3 is 6.09 Å². The highest BCUT2D eigenvalue weighted by atomic mass is 16.6. The van der Waals surface area contributed by atoms with Crippen LogP contribution in [0.3, 0.4) is 0 Å². The molecule has 5 N–H and O–H groups in total. The molecule has 6 heteroatoms. The number of ether oxygens (including phenoxy) is 1. The van der Waals surface area contributed by atoms with E-state index in [9.17, 15) is 9.59 Å². The van der Waals surface area contributed by atoms with Crippen molar-refractivity contribution >= 4 is 12.0 Å². The zero-order chi connectivity index (χ0) is 16.0. The minimum atomic E-state index is -0.494. The first kappa shape index (κ1) is 17.0. The number of alkyl carbamates (subject to hydrolysis) is 1. The summed E-state index contributed by atoms with van der Waals surface area (Å²) in [6.07, 6.45) is -0.439. The van der Waals surface area contributed by atoms with Gasteiger partial charge in [-0.25, -0.2) is 4.79 Å². The third kappa shape index (κ3) is 6.27. The Balaban J connectivity index is 2.61. The van der Waals surface area contributed by atoms with Crippen LogP contribution >= 0.6 is 0 Å². The van der Waals surface area contributed by atoms with Crippen LogP contribution in [0.4, 0.5) is 4.79 Å². The molecule has 2 amide bonds. The lowest BCUT2D eigenvalue weighted by molar-refractivity contribution is 0.0949. The molecular weight excluding hydrogens is 270 g/mol. The first-order valence-electron chi connectivity index (χ1n) is 6.79. The van der Waals surface area contributed by atoms with Crippen LogP contribution in [0.15, 0.2) is 24.3 Å². The molecule has 21 heavy (non-hydrogen) atoms. The lowest BCUT2D eigenvalue weighted by Gasteiger charge is -2.23. The Morgan fingerprint density at radius 2 is 1.81 bits per heavy atom. The van der Waals surface area contributed by atoms with Crippen LogP contribution in [0.2, 0.25) is 0 Å². The first-order valence-corrected chi connectivity index (χ1v) is 6.79. The van der Waals surface area contributed by atoms with Crippen molar-refractivity contribution in [3.05, 3.63) is 35.4 Å². The van der Waals surface area contributed by atoms with Crippen LogP contribution in [-0.4, -0.2) is 30.2 Å². The number of nitrogens with one attached hydrogen (secondary N) is 1. The largest absolute Gasteiger partial charge is 0.445 e. The number of benzene rings is 1. The van der Waals surface area contributed by atoms with E-state index in [2.05, 4.69) is 5.32 Å². The molecule has 0 aliphatic carbocycles.